The van der Waals surface area contributed by atoms with E-state index in [9.17, 15) is 26.2 Å². The highest BCUT2D eigenvalue weighted by molar-refractivity contribution is 7.89. The van der Waals surface area contributed by atoms with E-state index in [4.69, 9.17) is 9.84 Å². The van der Waals surface area contributed by atoms with Crippen LogP contribution in [0.2, 0.25) is 0 Å². The second kappa shape index (κ2) is 12.8. The molecule has 5 aliphatic rings. The Morgan fingerprint density at radius 1 is 0.840 bits per heavy atom. The molecule has 8 rings (SSSR count). The highest BCUT2D eigenvalue weighted by Gasteiger charge is 2.37. The van der Waals surface area contributed by atoms with Gasteiger partial charge < -0.3 is 14.7 Å². The van der Waals surface area contributed by atoms with Crippen molar-refractivity contribution in [3.63, 3.8) is 0 Å². The number of hydrogen-bond acceptors (Lipinski definition) is 7. The number of carbonyl (C=O) groups is 1. The smallest absolute Gasteiger partial charge is 0.303 e. The lowest BCUT2D eigenvalue weighted by Crippen LogP contribution is -2.45. The third-order valence-electron chi connectivity index (χ3n) is 10.9. The summed E-state index contributed by atoms with van der Waals surface area (Å²) in [5, 5.41) is 10.8. The van der Waals surface area contributed by atoms with Crippen molar-refractivity contribution in [2.45, 2.75) is 86.8 Å². The third-order valence-corrected chi connectivity index (χ3v) is 13.2. The molecule has 11 nitrogen and oxygen atoms in total. The summed E-state index contributed by atoms with van der Waals surface area (Å²) in [6, 6.07) is 8.21. The van der Waals surface area contributed by atoms with E-state index in [2.05, 4.69) is 26.3 Å². The SMILES string of the molecule is O=C(O)CCCCCNS(=O)(=O)c1ccc(C2=c3cc4c5c(c3Oc3c2cc2c6c3CCCN6CCC2)CCC[N+]=5CCC4)c(S(=O)(=O)O)c1. The van der Waals surface area contributed by atoms with Crippen molar-refractivity contribution >= 4 is 37.4 Å². The first-order chi connectivity index (χ1) is 24.0. The van der Waals surface area contributed by atoms with Crippen LogP contribution >= 0.6 is 0 Å². The van der Waals surface area contributed by atoms with Crippen molar-refractivity contribution in [2.75, 3.05) is 37.6 Å². The molecule has 0 bridgehead atoms. The highest BCUT2D eigenvalue weighted by atomic mass is 32.2. The van der Waals surface area contributed by atoms with Crippen LogP contribution in [0.1, 0.15) is 84.7 Å². The Balaban J connectivity index is 1.33. The minimum atomic E-state index is -4.90. The van der Waals surface area contributed by atoms with E-state index in [1.54, 1.807) is 0 Å². The van der Waals surface area contributed by atoms with E-state index in [0.29, 0.717) is 24.8 Å². The van der Waals surface area contributed by atoms with Gasteiger partial charge >= 0.3 is 5.97 Å². The van der Waals surface area contributed by atoms with Crippen LogP contribution < -0.4 is 29.5 Å². The number of sulfonamides is 1. The molecular formula is C37H42N3O8S2+. The average molecular weight is 721 g/mol. The molecule has 13 heteroatoms. The minimum Gasteiger partial charge on any atom is -0.481 e. The van der Waals surface area contributed by atoms with Gasteiger partial charge in [-0.3, -0.25) is 9.35 Å². The number of rotatable bonds is 10. The Kier molecular flexibility index (Phi) is 8.52. The van der Waals surface area contributed by atoms with Crippen LogP contribution in [-0.2, 0) is 50.6 Å². The van der Waals surface area contributed by atoms with E-state index >= 15 is 0 Å². The van der Waals surface area contributed by atoms with Crippen LogP contribution in [0.25, 0.3) is 5.57 Å². The number of fused-ring (bicyclic) bond motifs is 4. The van der Waals surface area contributed by atoms with Crippen molar-refractivity contribution in [3.05, 3.63) is 74.3 Å². The molecule has 0 saturated carbocycles. The summed E-state index contributed by atoms with van der Waals surface area (Å²) in [4.78, 5) is 12.5. The fraction of sp³-hybridized carbons (Fsp3) is 0.459. The largest absolute Gasteiger partial charge is 0.481 e. The van der Waals surface area contributed by atoms with Crippen LogP contribution in [0, 0.1) is 0 Å². The first-order valence-electron chi connectivity index (χ1n) is 17.8. The maximum atomic E-state index is 13.4. The molecule has 0 unspecified atom stereocenters. The summed E-state index contributed by atoms with van der Waals surface area (Å²) in [5.41, 5.74) is 7.51. The summed E-state index contributed by atoms with van der Waals surface area (Å²) >= 11 is 0. The molecule has 0 amide bonds. The number of carboxylic acids is 1. The molecule has 0 aromatic heterocycles. The van der Waals surface area contributed by atoms with Crippen molar-refractivity contribution < 1.29 is 36.0 Å². The molecule has 50 heavy (non-hydrogen) atoms. The molecule has 3 N–H and O–H groups in total. The first kappa shape index (κ1) is 33.4. The van der Waals surface area contributed by atoms with Crippen molar-refractivity contribution in [1.82, 2.24) is 9.30 Å². The van der Waals surface area contributed by atoms with Crippen LogP contribution in [0.4, 0.5) is 5.69 Å². The lowest BCUT2D eigenvalue weighted by molar-refractivity contribution is -0.137. The molecule has 0 radical (unpaired) electrons. The maximum Gasteiger partial charge on any atom is 0.303 e. The van der Waals surface area contributed by atoms with Gasteiger partial charge in [-0.15, -0.1) is 0 Å². The zero-order valence-electron chi connectivity index (χ0n) is 28.0. The number of benzene rings is 3. The molecule has 5 aliphatic heterocycles. The number of unbranched alkanes of at least 4 members (excludes halogenated alkanes) is 2. The molecule has 5 heterocycles. The van der Waals surface area contributed by atoms with Gasteiger partial charge in [-0.25, -0.2) is 17.7 Å². The second-order valence-corrected chi connectivity index (χ2v) is 17.2. The molecule has 0 atom stereocenters. The number of nitrogens with one attached hydrogen (secondary N) is 1. The van der Waals surface area contributed by atoms with Gasteiger partial charge in [0.25, 0.3) is 10.1 Å². The van der Waals surface area contributed by atoms with Crippen molar-refractivity contribution in [2.24, 2.45) is 0 Å². The van der Waals surface area contributed by atoms with E-state index in [1.165, 1.54) is 34.3 Å². The monoisotopic (exact) mass is 720 g/mol. The maximum absolute atomic E-state index is 13.4. The molecular weight excluding hydrogens is 679 g/mol. The van der Waals surface area contributed by atoms with Gasteiger partial charge in [-0.05, 0) is 81.2 Å². The predicted molar refractivity (Wildman–Crippen MR) is 188 cm³/mol. The quantitative estimate of drug-likeness (QED) is 0.127. The Morgan fingerprint density at radius 3 is 2.36 bits per heavy atom. The predicted octanol–water partition coefficient (Wildman–Crippen LogP) is 3.29. The number of ether oxygens (including phenoxy) is 1. The Hall–Kier alpha value is -3.78. The number of aryl methyl sites for hydroxylation is 2. The molecule has 0 fully saturated rings. The van der Waals surface area contributed by atoms with Gasteiger partial charge in [0.1, 0.15) is 29.5 Å². The minimum absolute atomic E-state index is 0.00712. The lowest BCUT2D eigenvalue weighted by Gasteiger charge is -2.39. The molecule has 3 aromatic carbocycles. The van der Waals surface area contributed by atoms with Gasteiger partial charge in [0.05, 0.1) is 10.5 Å². The Morgan fingerprint density at radius 2 is 1.58 bits per heavy atom. The molecule has 264 valence electrons. The Bertz CT molecular complexity index is 2300. The normalized spacial score (nSPS) is 17.7. The fourth-order valence-corrected chi connectivity index (χ4v) is 10.7. The third kappa shape index (κ3) is 5.81. The van der Waals surface area contributed by atoms with Crippen molar-refractivity contribution in [3.8, 4) is 11.5 Å². The fourth-order valence-electron chi connectivity index (χ4n) is 8.76. The summed E-state index contributed by atoms with van der Waals surface area (Å²) in [5.74, 6) is 0.549. The molecule has 3 aromatic rings. The molecule has 0 saturated heterocycles. The zero-order valence-corrected chi connectivity index (χ0v) is 29.6. The number of hydrogen-bond donors (Lipinski definition) is 3. The van der Waals surface area contributed by atoms with E-state index in [0.717, 1.165) is 117 Å². The van der Waals surface area contributed by atoms with Gasteiger partial charge in [0, 0.05) is 77.6 Å². The number of carboxylic acid groups (broad SMARTS) is 1. The van der Waals surface area contributed by atoms with Crippen LogP contribution in [0.15, 0.2) is 40.1 Å². The topological polar surface area (TPSA) is 153 Å². The van der Waals surface area contributed by atoms with Gasteiger partial charge in [-0.1, -0.05) is 12.5 Å². The summed E-state index contributed by atoms with van der Waals surface area (Å²) in [6.45, 7) is 4.01. The first-order valence-corrected chi connectivity index (χ1v) is 20.7. The van der Waals surface area contributed by atoms with Gasteiger partial charge in [-0.2, -0.15) is 8.42 Å². The Labute approximate surface area is 292 Å². The number of nitrogens with zero attached hydrogens (tertiary/aromatic N) is 2. The molecule has 0 aliphatic carbocycles. The zero-order chi connectivity index (χ0) is 34.8. The standard InChI is InChI=1S/C37H41N3O8S2/c41-32(42)12-2-1-3-15-38-49(43,44)25-13-14-26(31(22-25)50(45,46)47)33-29-20-23-8-4-16-39-18-6-10-27(34(23)39)36(29)48-37-28-11-7-19-40-17-5-9-24(35(28)40)21-30(33)37/h13-14,20-22,38H,1-12,15-19H2,(H-,41,42,45,46,47)/p+1. The van der Waals surface area contributed by atoms with Crippen LogP contribution in [-0.4, -0.2) is 65.2 Å². The molecule has 0 spiro atoms. The van der Waals surface area contributed by atoms with Crippen LogP contribution in [0.3, 0.4) is 0 Å². The lowest BCUT2D eigenvalue weighted by atomic mass is 9.82. The highest BCUT2D eigenvalue weighted by Crippen LogP contribution is 2.49. The summed E-state index contributed by atoms with van der Waals surface area (Å²) in [7, 11) is -9.04. The summed E-state index contributed by atoms with van der Waals surface area (Å²) < 4.78 is 75.9. The van der Waals surface area contributed by atoms with Gasteiger partial charge in [0.15, 0.2) is 0 Å². The number of anilines is 1. The van der Waals surface area contributed by atoms with Gasteiger partial charge in [0.2, 0.25) is 15.4 Å². The van der Waals surface area contributed by atoms with E-state index < -0.39 is 31.0 Å². The van der Waals surface area contributed by atoms with E-state index in [-0.39, 0.29) is 23.4 Å². The van der Waals surface area contributed by atoms with Crippen LogP contribution in [0.5, 0.6) is 11.5 Å². The summed E-state index contributed by atoms with van der Waals surface area (Å²) in [6.07, 6.45) is 8.82. The van der Waals surface area contributed by atoms with E-state index in [1.807, 2.05) is 0 Å². The average Bonchev–Trinajstić information content (AvgIpc) is 3.09. The number of aliphatic carboxylic acids is 1. The second-order valence-electron chi connectivity index (χ2n) is 14.1. The van der Waals surface area contributed by atoms with Crippen molar-refractivity contribution in [1.29, 1.82) is 0 Å².